The van der Waals surface area contributed by atoms with Crippen LogP contribution in [0.25, 0.3) is 0 Å². The highest BCUT2D eigenvalue weighted by molar-refractivity contribution is 5.90. The number of rotatable bonds is 0. The first kappa shape index (κ1) is 3.28. The number of hydrogen-bond acceptors (Lipinski definition) is 2. The lowest BCUT2D eigenvalue weighted by atomic mass is 10.6. The molecule has 29 valence electrons. The Labute approximate surface area is 35.9 Å². The lowest BCUT2D eigenvalue weighted by molar-refractivity contribution is 1.56. The van der Waals surface area contributed by atoms with Crippen molar-refractivity contribution in [2.75, 3.05) is 0 Å². The minimum Gasteiger partial charge on any atom is -0.232 e. The zero-order chi connectivity index (χ0) is 4.41. The van der Waals surface area contributed by atoms with Crippen molar-refractivity contribution in [2.24, 2.45) is 9.98 Å². The first-order valence-electron chi connectivity index (χ1n) is 1.57. The Morgan fingerprint density at radius 2 is 2.67 bits per heavy atom. The summed E-state index contributed by atoms with van der Waals surface area (Å²) in [6.45, 7) is 3.48. The van der Waals surface area contributed by atoms with Crippen LogP contribution in [0.4, 0.5) is 0 Å². The van der Waals surface area contributed by atoms with Crippen molar-refractivity contribution in [3.63, 3.8) is 0 Å². The van der Waals surface area contributed by atoms with Gasteiger partial charge < -0.3 is 0 Å². The average molecular weight is 79.1 g/mol. The number of aliphatic imine (C=N–C) groups is 2. The van der Waals surface area contributed by atoms with E-state index in [4.69, 9.17) is 0 Å². The predicted octanol–water partition coefficient (Wildman–Crippen LogP) is 0.490. The molecule has 1 heterocycles. The average Bonchev–Trinajstić information content (AvgIpc) is 1.86. The molecule has 1 aliphatic rings. The molecular formula is C4H3N2. The fraction of sp³-hybridized carbons (Fsp3) is 0. The van der Waals surface area contributed by atoms with Crippen LogP contribution in [0.1, 0.15) is 0 Å². The van der Waals surface area contributed by atoms with E-state index in [0.29, 0.717) is 5.70 Å². The lowest BCUT2D eigenvalue weighted by Gasteiger charge is -1.67. The van der Waals surface area contributed by atoms with Gasteiger partial charge in [-0.15, -0.1) is 0 Å². The van der Waals surface area contributed by atoms with Crippen molar-refractivity contribution >= 4 is 12.6 Å². The molecular weight excluding hydrogens is 76.1 g/mol. The van der Waals surface area contributed by atoms with Gasteiger partial charge in [-0.1, -0.05) is 6.58 Å². The van der Waals surface area contributed by atoms with Gasteiger partial charge in [-0.05, 0) is 0 Å². The quantitative estimate of drug-likeness (QED) is 0.403. The molecule has 0 amide bonds. The highest BCUT2D eigenvalue weighted by atomic mass is 14.9. The zero-order valence-corrected chi connectivity index (χ0v) is 3.18. The third-order valence-corrected chi connectivity index (χ3v) is 0.465. The van der Waals surface area contributed by atoms with Crippen LogP contribution in [0, 0.1) is 0 Å². The molecule has 0 aromatic carbocycles. The van der Waals surface area contributed by atoms with Gasteiger partial charge in [-0.25, -0.2) is 9.98 Å². The minimum atomic E-state index is 0.676. The van der Waals surface area contributed by atoms with Crippen LogP contribution in [0.15, 0.2) is 22.3 Å². The summed E-state index contributed by atoms with van der Waals surface area (Å²) in [4.78, 5) is 7.09. The summed E-state index contributed by atoms with van der Waals surface area (Å²) in [5.74, 6) is 0. The fourth-order valence-electron chi connectivity index (χ4n) is 0.225. The molecule has 2 heteroatoms. The second-order valence-electron chi connectivity index (χ2n) is 0.961. The van der Waals surface area contributed by atoms with Crippen molar-refractivity contribution in [3.8, 4) is 0 Å². The second kappa shape index (κ2) is 1.05. The van der Waals surface area contributed by atoms with Gasteiger partial charge >= 0.3 is 0 Å². The molecule has 0 aliphatic carbocycles. The van der Waals surface area contributed by atoms with E-state index in [-0.39, 0.29) is 0 Å². The molecule has 0 saturated carbocycles. The van der Waals surface area contributed by atoms with Crippen molar-refractivity contribution in [1.29, 1.82) is 0 Å². The van der Waals surface area contributed by atoms with E-state index in [1.165, 1.54) is 0 Å². The monoisotopic (exact) mass is 79.0 g/mol. The van der Waals surface area contributed by atoms with Crippen LogP contribution in [0.3, 0.4) is 0 Å². The first-order valence-corrected chi connectivity index (χ1v) is 1.57. The second-order valence-corrected chi connectivity index (χ2v) is 0.961. The van der Waals surface area contributed by atoms with Crippen LogP contribution in [-0.4, -0.2) is 12.6 Å². The third kappa shape index (κ3) is 0.360. The number of allylic oxidation sites excluding steroid dienone is 1. The molecule has 0 aromatic heterocycles. The molecule has 1 radical (unpaired) electrons. The van der Waals surface area contributed by atoms with Crippen molar-refractivity contribution in [1.82, 2.24) is 0 Å². The van der Waals surface area contributed by atoms with Crippen LogP contribution in [0.5, 0.6) is 0 Å². The van der Waals surface area contributed by atoms with Gasteiger partial charge in [0, 0.05) is 0 Å². The summed E-state index contributed by atoms with van der Waals surface area (Å²) in [5, 5.41) is 0. The van der Waals surface area contributed by atoms with Crippen LogP contribution in [0.2, 0.25) is 0 Å². The summed E-state index contributed by atoms with van der Waals surface area (Å²) in [7, 11) is 0. The van der Waals surface area contributed by atoms with Gasteiger partial charge in [-0.3, -0.25) is 0 Å². The maximum atomic E-state index is 3.57. The van der Waals surface area contributed by atoms with Gasteiger partial charge in [0.05, 0.1) is 11.9 Å². The van der Waals surface area contributed by atoms with Crippen molar-refractivity contribution in [3.05, 3.63) is 12.3 Å². The molecule has 0 spiro atoms. The standard InChI is InChI=1S/C4H3N2/c1-4-2-5-3-6-4/h2H,1H2. The van der Waals surface area contributed by atoms with Gasteiger partial charge in [0.2, 0.25) is 0 Å². The number of nitrogens with zero attached hydrogens (tertiary/aromatic N) is 2. The van der Waals surface area contributed by atoms with E-state index in [9.17, 15) is 0 Å². The van der Waals surface area contributed by atoms with Crippen molar-refractivity contribution in [2.45, 2.75) is 0 Å². The summed E-state index contributed by atoms with van der Waals surface area (Å²) in [5.41, 5.74) is 0.676. The summed E-state index contributed by atoms with van der Waals surface area (Å²) < 4.78 is 0. The fourth-order valence-corrected chi connectivity index (χ4v) is 0.225. The Morgan fingerprint density at radius 1 is 1.83 bits per heavy atom. The molecule has 0 saturated heterocycles. The SMILES string of the molecule is C=C1C=N[C]=N1. The molecule has 0 atom stereocenters. The highest BCUT2D eigenvalue weighted by Gasteiger charge is 1.84. The Kier molecular flexibility index (Phi) is 0.572. The summed E-state index contributed by atoms with van der Waals surface area (Å²) >= 11 is 0. The molecule has 6 heavy (non-hydrogen) atoms. The molecule has 0 bridgehead atoms. The van der Waals surface area contributed by atoms with E-state index in [1.807, 2.05) is 0 Å². The summed E-state index contributed by atoms with van der Waals surface area (Å²) in [6.07, 6.45) is 3.92. The highest BCUT2D eigenvalue weighted by Crippen LogP contribution is 1.90. The van der Waals surface area contributed by atoms with E-state index in [2.05, 4.69) is 22.9 Å². The van der Waals surface area contributed by atoms with Gasteiger partial charge in [0.1, 0.15) is 0 Å². The van der Waals surface area contributed by atoms with Gasteiger partial charge in [-0.2, -0.15) is 0 Å². The van der Waals surface area contributed by atoms with Crippen LogP contribution >= 0.6 is 0 Å². The number of hydrogen-bond donors (Lipinski definition) is 0. The molecule has 0 fully saturated rings. The van der Waals surface area contributed by atoms with E-state index in [0.717, 1.165) is 0 Å². The topological polar surface area (TPSA) is 24.7 Å². The Balaban J connectivity index is 2.86. The van der Waals surface area contributed by atoms with E-state index in [1.54, 1.807) is 6.21 Å². The predicted molar refractivity (Wildman–Crippen MR) is 25.1 cm³/mol. The molecule has 2 nitrogen and oxygen atoms in total. The molecule has 0 unspecified atom stereocenters. The first-order chi connectivity index (χ1) is 2.89. The maximum absolute atomic E-state index is 3.57. The third-order valence-electron chi connectivity index (χ3n) is 0.465. The van der Waals surface area contributed by atoms with Crippen LogP contribution < -0.4 is 0 Å². The molecule has 1 rings (SSSR count). The summed E-state index contributed by atoms with van der Waals surface area (Å²) in [6, 6.07) is 0. The van der Waals surface area contributed by atoms with Gasteiger partial charge in [0.25, 0.3) is 0 Å². The zero-order valence-electron chi connectivity index (χ0n) is 3.18. The Morgan fingerprint density at radius 3 is 2.83 bits per heavy atom. The molecule has 1 aliphatic heterocycles. The van der Waals surface area contributed by atoms with E-state index >= 15 is 0 Å². The largest absolute Gasteiger partial charge is 0.232 e. The Bertz CT molecular complexity index is 108. The maximum Gasteiger partial charge on any atom is 0.198 e. The normalized spacial score (nSPS) is 17.0. The van der Waals surface area contributed by atoms with Crippen LogP contribution in [-0.2, 0) is 0 Å². The van der Waals surface area contributed by atoms with Crippen molar-refractivity contribution < 1.29 is 0 Å². The molecule has 0 aromatic rings. The molecule has 0 N–H and O–H groups in total. The Hall–Kier alpha value is -0.920. The minimum absolute atomic E-state index is 0.676. The van der Waals surface area contributed by atoms with E-state index < -0.39 is 0 Å². The van der Waals surface area contributed by atoms with Gasteiger partial charge in [0.15, 0.2) is 6.34 Å². The smallest absolute Gasteiger partial charge is 0.198 e. The lowest BCUT2D eigenvalue weighted by Crippen LogP contribution is -1.62.